The monoisotopic (exact) mass is 351 g/mol. The van der Waals surface area contributed by atoms with Gasteiger partial charge in [0.05, 0.1) is 11.6 Å². The third kappa shape index (κ3) is 6.40. The molecule has 2 N–H and O–H groups in total. The Hall–Kier alpha value is -1.14. The lowest BCUT2D eigenvalue weighted by Gasteiger charge is -2.25. The molecule has 1 aliphatic rings. The van der Waals surface area contributed by atoms with Gasteiger partial charge in [-0.2, -0.15) is 0 Å². The number of aryl methyl sites for hydroxylation is 1. The number of guanidine groups is 1. The van der Waals surface area contributed by atoms with E-state index in [9.17, 15) is 0 Å². The molecule has 136 valence electrons. The number of nitrogens with zero attached hydrogens (tertiary/aromatic N) is 3. The van der Waals surface area contributed by atoms with E-state index in [0.29, 0.717) is 6.04 Å². The summed E-state index contributed by atoms with van der Waals surface area (Å²) in [7, 11) is 0. The fourth-order valence-corrected chi connectivity index (χ4v) is 3.66. The molecule has 1 fully saturated rings. The molecular weight excluding hydrogens is 318 g/mol. The third-order valence-electron chi connectivity index (χ3n) is 4.23. The molecule has 1 aromatic heterocycles. The van der Waals surface area contributed by atoms with Crippen LogP contribution >= 0.6 is 11.3 Å². The van der Waals surface area contributed by atoms with Gasteiger partial charge in [-0.1, -0.05) is 6.92 Å². The van der Waals surface area contributed by atoms with Crippen LogP contribution in [-0.2, 0) is 12.8 Å². The molecule has 0 spiro atoms. The lowest BCUT2D eigenvalue weighted by Crippen LogP contribution is -2.40. The van der Waals surface area contributed by atoms with Gasteiger partial charge in [-0.25, -0.2) is 4.98 Å². The minimum atomic E-state index is 0.612. The number of hydrogen-bond donors (Lipinski definition) is 2. The van der Waals surface area contributed by atoms with E-state index in [1.165, 1.54) is 22.7 Å². The molecule has 1 aromatic rings. The fraction of sp³-hybridized carbons (Fsp3) is 0.778. The van der Waals surface area contributed by atoms with Crippen LogP contribution in [0, 0.1) is 0 Å². The van der Waals surface area contributed by atoms with E-state index in [-0.39, 0.29) is 0 Å². The molecule has 0 atom stereocenters. The predicted octanol–water partition coefficient (Wildman–Crippen LogP) is 2.68. The van der Waals surface area contributed by atoms with Crippen LogP contribution in [0.5, 0.6) is 0 Å². The third-order valence-corrected chi connectivity index (χ3v) is 5.43. The molecule has 24 heavy (non-hydrogen) atoms. The van der Waals surface area contributed by atoms with Crippen LogP contribution in [0.25, 0.3) is 0 Å². The van der Waals surface area contributed by atoms with Crippen LogP contribution in [0.15, 0.2) is 11.2 Å². The maximum Gasteiger partial charge on any atom is 0.191 e. The zero-order valence-electron chi connectivity index (χ0n) is 15.6. The standard InChI is InChI=1S/C18H33N5S/c1-5-16-13-22-17(24-16)9-10-20-18(19-6-2)21-11-12-23(14(3)4)15-7-8-15/h13-15H,5-12H2,1-4H3,(H2,19,20,21). The van der Waals surface area contributed by atoms with Crippen molar-refractivity contribution in [2.75, 3.05) is 26.2 Å². The summed E-state index contributed by atoms with van der Waals surface area (Å²) in [5.74, 6) is 0.921. The molecule has 0 aliphatic heterocycles. The number of hydrogen-bond acceptors (Lipinski definition) is 4. The summed E-state index contributed by atoms with van der Waals surface area (Å²) < 4.78 is 0. The van der Waals surface area contributed by atoms with Crippen LogP contribution in [0.2, 0.25) is 0 Å². The van der Waals surface area contributed by atoms with Gasteiger partial charge in [-0.05, 0) is 40.0 Å². The van der Waals surface area contributed by atoms with Crippen LogP contribution in [-0.4, -0.2) is 54.1 Å². The fourth-order valence-electron chi connectivity index (χ4n) is 2.80. The minimum absolute atomic E-state index is 0.612. The second kappa shape index (κ2) is 9.99. The molecule has 0 amide bonds. The van der Waals surface area contributed by atoms with Crippen molar-refractivity contribution in [2.45, 2.75) is 65.5 Å². The lowest BCUT2D eigenvalue weighted by atomic mass is 10.3. The highest BCUT2D eigenvalue weighted by atomic mass is 32.1. The number of thiazole rings is 1. The first-order valence-electron chi connectivity index (χ1n) is 9.35. The van der Waals surface area contributed by atoms with E-state index >= 15 is 0 Å². The van der Waals surface area contributed by atoms with E-state index in [4.69, 9.17) is 4.99 Å². The Morgan fingerprint density at radius 1 is 1.38 bits per heavy atom. The van der Waals surface area contributed by atoms with Gasteiger partial charge in [-0.3, -0.25) is 9.89 Å². The second-order valence-electron chi connectivity index (χ2n) is 6.57. The zero-order valence-corrected chi connectivity index (χ0v) is 16.5. The van der Waals surface area contributed by atoms with Gasteiger partial charge in [0.25, 0.3) is 0 Å². The molecule has 0 unspecified atom stereocenters. The minimum Gasteiger partial charge on any atom is -0.357 e. The molecule has 1 aliphatic carbocycles. The zero-order chi connectivity index (χ0) is 17.4. The molecule has 5 nitrogen and oxygen atoms in total. The predicted molar refractivity (Wildman–Crippen MR) is 104 cm³/mol. The van der Waals surface area contributed by atoms with Gasteiger partial charge >= 0.3 is 0 Å². The van der Waals surface area contributed by atoms with Crippen molar-refractivity contribution < 1.29 is 0 Å². The summed E-state index contributed by atoms with van der Waals surface area (Å²) in [4.78, 5) is 13.1. The normalized spacial score (nSPS) is 15.3. The average molecular weight is 352 g/mol. The number of nitrogens with one attached hydrogen (secondary N) is 2. The van der Waals surface area contributed by atoms with E-state index < -0.39 is 0 Å². The van der Waals surface area contributed by atoms with Crippen molar-refractivity contribution in [3.63, 3.8) is 0 Å². The lowest BCUT2D eigenvalue weighted by molar-refractivity contribution is 0.218. The largest absolute Gasteiger partial charge is 0.357 e. The Labute approximate surface area is 151 Å². The molecular formula is C18H33N5S. The number of aliphatic imine (C=N–C) groups is 1. The summed E-state index contributed by atoms with van der Waals surface area (Å²) >= 11 is 1.81. The second-order valence-corrected chi connectivity index (χ2v) is 7.77. The van der Waals surface area contributed by atoms with Gasteiger partial charge in [0.15, 0.2) is 5.96 Å². The highest BCUT2D eigenvalue weighted by molar-refractivity contribution is 7.11. The first-order valence-corrected chi connectivity index (χ1v) is 10.2. The van der Waals surface area contributed by atoms with E-state index in [1.807, 2.05) is 17.5 Å². The highest BCUT2D eigenvalue weighted by Gasteiger charge is 2.29. The van der Waals surface area contributed by atoms with Crippen LogP contribution in [0.3, 0.4) is 0 Å². The summed E-state index contributed by atoms with van der Waals surface area (Å²) in [5, 5.41) is 7.97. The van der Waals surface area contributed by atoms with Crippen molar-refractivity contribution in [2.24, 2.45) is 4.99 Å². The van der Waals surface area contributed by atoms with Crippen LogP contribution < -0.4 is 10.6 Å². The molecule has 1 heterocycles. The quantitative estimate of drug-likeness (QED) is 0.503. The van der Waals surface area contributed by atoms with Crippen molar-refractivity contribution in [3.8, 4) is 0 Å². The smallest absolute Gasteiger partial charge is 0.191 e. The molecule has 0 aromatic carbocycles. The number of rotatable bonds is 10. The molecule has 0 bridgehead atoms. The molecule has 2 rings (SSSR count). The number of aromatic nitrogens is 1. The highest BCUT2D eigenvalue weighted by Crippen LogP contribution is 2.28. The summed E-state index contributed by atoms with van der Waals surface area (Å²) in [6.07, 6.45) is 6.73. The Morgan fingerprint density at radius 3 is 2.75 bits per heavy atom. The summed E-state index contributed by atoms with van der Waals surface area (Å²) in [6.45, 7) is 12.5. The van der Waals surface area contributed by atoms with Crippen molar-refractivity contribution in [1.82, 2.24) is 20.5 Å². The van der Waals surface area contributed by atoms with Crippen LogP contribution in [0.4, 0.5) is 0 Å². The average Bonchev–Trinajstić information content (AvgIpc) is 3.29. The van der Waals surface area contributed by atoms with Gasteiger partial charge in [-0.15, -0.1) is 11.3 Å². The maximum absolute atomic E-state index is 4.73. The molecule has 1 saturated carbocycles. The Bertz CT molecular complexity index is 505. The van der Waals surface area contributed by atoms with Gasteiger partial charge in [0, 0.05) is 49.2 Å². The van der Waals surface area contributed by atoms with Gasteiger partial charge in [0.2, 0.25) is 0 Å². The Balaban J connectivity index is 1.75. The van der Waals surface area contributed by atoms with Crippen molar-refractivity contribution >= 4 is 17.3 Å². The van der Waals surface area contributed by atoms with E-state index in [1.54, 1.807) is 0 Å². The Kier molecular flexibility index (Phi) is 7.99. The summed E-state index contributed by atoms with van der Waals surface area (Å²) in [5.41, 5.74) is 0. The van der Waals surface area contributed by atoms with Crippen LogP contribution in [0.1, 0.15) is 50.4 Å². The van der Waals surface area contributed by atoms with Gasteiger partial charge < -0.3 is 10.6 Å². The molecule has 6 heteroatoms. The first kappa shape index (κ1) is 19.2. The van der Waals surface area contributed by atoms with Crippen molar-refractivity contribution in [3.05, 3.63) is 16.1 Å². The maximum atomic E-state index is 4.73. The summed E-state index contributed by atoms with van der Waals surface area (Å²) in [6, 6.07) is 1.41. The van der Waals surface area contributed by atoms with Crippen molar-refractivity contribution in [1.29, 1.82) is 0 Å². The van der Waals surface area contributed by atoms with Gasteiger partial charge in [0.1, 0.15) is 0 Å². The molecule has 0 radical (unpaired) electrons. The van der Waals surface area contributed by atoms with E-state index in [0.717, 1.165) is 51.0 Å². The topological polar surface area (TPSA) is 52.6 Å². The molecule has 0 saturated heterocycles. The van der Waals surface area contributed by atoms with E-state index in [2.05, 4.69) is 48.2 Å². The first-order chi connectivity index (χ1) is 11.6. The SMILES string of the molecule is CCNC(=NCCN(C(C)C)C1CC1)NCCc1ncc(CC)s1. The Morgan fingerprint density at radius 2 is 2.17 bits per heavy atom.